The molecular weight excluding hydrogens is 227 g/mol. The van der Waals surface area contributed by atoms with Gasteiger partial charge in [0.1, 0.15) is 6.26 Å². The van der Waals surface area contributed by atoms with E-state index in [-0.39, 0.29) is 5.82 Å². The summed E-state index contributed by atoms with van der Waals surface area (Å²) in [7, 11) is -3.54. The van der Waals surface area contributed by atoms with E-state index in [2.05, 4.69) is 19.9 Å². The van der Waals surface area contributed by atoms with Crippen molar-refractivity contribution in [2.75, 3.05) is 0 Å². The molecule has 2 heterocycles. The third kappa shape index (κ3) is 1.61. The second-order valence-corrected chi connectivity index (χ2v) is 3.96. The summed E-state index contributed by atoms with van der Waals surface area (Å²) in [6.45, 7) is 0. The van der Waals surface area contributed by atoms with Gasteiger partial charge >= 0.3 is 10.2 Å². The van der Waals surface area contributed by atoms with Gasteiger partial charge in [-0.3, -0.25) is 4.57 Å². The number of hydrogen-bond acceptors (Lipinski definition) is 6. The van der Waals surface area contributed by atoms with Gasteiger partial charge in [-0.15, -0.1) is 10.2 Å². The normalized spacial score (nSPS) is 11.9. The van der Waals surface area contributed by atoms with Crippen LogP contribution in [0, 0.1) is 0 Å². The molecule has 0 aromatic carbocycles. The van der Waals surface area contributed by atoms with Crippen LogP contribution in [0.4, 0.5) is 3.89 Å². The third-order valence-corrected chi connectivity index (χ3v) is 2.54. The fraction of sp³-hybridized carbons (Fsp3) is 0.167. The Morgan fingerprint density at radius 3 is 2.67 bits per heavy atom. The molecule has 2 rings (SSSR count). The topological polar surface area (TPSA) is 90.9 Å². The third-order valence-electron chi connectivity index (χ3n) is 1.74. The predicted molar refractivity (Wildman–Crippen MR) is 44.8 cm³/mol. The highest BCUT2D eigenvalue weighted by Gasteiger charge is 2.22. The second kappa shape index (κ2) is 3.12. The Bertz CT molecular complexity index is 574. The minimum atomic E-state index is -4.87. The fourth-order valence-electron chi connectivity index (χ4n) is 1.09. The Kier molecular flexibility index (Phi) is 2.03. The van der Waals surface area contributed by atoms with Crippen molar-refractivity contribution >= 4 is 10.2 Å². The van der Waals surface area contributed by atoms with E-state index in [1.54, 1.807) is 0 Å². The van der Waals surface area contributed by atoms with Gasteiger partial charge in [0.15, 0.2) is 5.82 Å². The lowest BCUT2D eigenvalue weighted by Gasteiger charge is -1.96. The van der Waals surface area contributed by atoms with Gasteiger partial charge < -0.3 is 4.52 Å². The van der Waals surface area contributed by atoms with Gasteiger partial charge in [-0.05, 0) is 0 Å². The molecule has 2 aromatic rings. The Hall–Kier alpha value is -1.77. The highest BCUT2D eigenvalue weighted by molar-refractivity contribution is 7.86. The Morgan fingerprint density at radius 1 is 1.47 bits per heavy atom. The second-order valence-electron chi connectivity index (χ2n) is 2.72. The van der Waals surface area contributed by atoms with E-state index in [1.165, 1.54) is 19.5 Å². The van der Waals surface area contributed by atoms with Gasteiger partial charge in [-0.25, -0.2) is 0 Å². The molecule has 0 radical (unpaired) electrons. The number of hydrogen-bond donors (Lipinski definition) is 0. The SMILES string of the molecule is Cn1c(-c2cnoc2)nnc1S(=O)(=O)F. The molecule has 0 aliphatic heterocycles. The summed E-state index contributed by atoms with van der Waals surface area (Å²) in [6.07, 6.45) is 2.57. The van der Waals surface area contributed by atoms with Crippen LogP contribution in [0.5, 0.6) is 0 Å². The van der Waals surface area contributed by atoms with Crippen molar-refractivity contribution in [1.82, 2.24) is 19.9 Å². The zero-order valence-corrected chi connectivity index (χ0v) is 8.27. The monoisotopic (exact) mass is 232 g/mol. The standard InChI is InChI=1S/C6H5FN4O3S/c1-11-5(4-2-8-14-3-4)9-10-6(11)15(7,12)13/h2-3H,1H3. The lowest BCUT2D eigenvalue weighted by Crippen LogP contribution is -2.03. The summed E-state index contributed by atoms with van der Waals surface area (Å²) in [5.74, 6) is 0.160. The van der Waals surface area contributed by atoms with Gasteiger partial charge in [-0.1, -0.05) is 9.04 Å². The van der Waals surface area contributed by atoms with Crippen molar-refractivity contribution in [1.29, 1.82) is 0 Å². The van der Waals surface area contributed by atoms with E-state index in [9.17, 15) is 12.3 Å². The summed E-state index contributed by atoms with van der Waals surface area (Å²) in [6, 6.07) is 0. The average molecular weight is 232 g/mol. The maximum atomic E-state index is 12.6. The van der Waals surface area contributed by atoms with Crippen LogP contribution in [0.3, 0.4) is 0 Å². The fourth-order valence-corrected chi connectivity index (χ4v) is 1.65. The molecule has 0 bridgehead atoms. The zero-order valence-electron chi connectivity index (χ0n) is 7.45. The van der Waals surface area contributed by atoms with Crippen LogP contribution < -0.4 is 0 Å². The summed E-state index contributed by atoms with van der Waals surface area (Å²) < 4.78 is 39.4. The molecule has 0 aliphatic carbocycles. The first-order chi connectivity index (χ1) is 7.00. The summed E-state index contributed by atoms with van der Waals surface area (Å²) >= 11 is 0. The smallest absolute Gasteiger partial charge is 0.364 e. The molecule has 0 atom stereocenters. The van der Waals surface area contributed by atoms with Gasteiger partial charge in [0, 0.05) is 7.05 Å². The first-order valence-corrected chi connectivity index (χ1v) is 5.12. The lowest BCUT2D eigenvalue weighted by atomic mass is 10.3. The lowest BCUT2D eigenvalue weighted by molar-refractivity contribution is 0.420. The average Bonchev–Trinajstić information content (AvgIpc) is 2.69. The molecule has 0 spiro atoms. The van der Waals surface area contributed by atoms with E-state index in [1.807, 2.05) is 0 Å². The van der Waals surface area contributed by atoms with Crippen molar-refractivity contribution in [3.63, 3.8) is 0 Å². The molecule has 0 aliphatic rings. The van der Waals surface area contributed by atoms with Crippen LogP contribution in [0.2, 0.25) is 0 Å². The van der Waals surface area contributed by atoms with Gasteiger partial charge in [0.25, 0.3) is 5.16 Å². The van der Waals surface area contributed by atoms with Crippen molar-refractivity contribution < 1.29 is 16.8 Å². The molecule has 80 valence electrons. The summed E-state index contributed by atoms with van der Waals surface area (Å²) in [5.41, 5.74) is 0.417. The van der Waals surface area contributed by atoms with Gasteiger partial charge in [0.05, 0.1) is 11.8 Å². The first-order valence-electron chi connectivity index (χ1n) is 3.74. The molecule has 9 heteroatoms. The largest absolute Gasteiger partial charge is 0.368 e. The van der Waals surface area contributed by atoms with Crippen LogP contribution in [0.25, 0.3) is 11.4 Å². The Morgan fingerprint density at radius 2 is 2.20 bits per heavy atom. The predicted octanol–water partition coefficient (Wildman–Crippen LogP) is 0.128. The maximum Gasteiger partial charge on any atom is 0.368 e. The number of halogens is 1. The van der Waals surface area contributed by atoms with Crippen molar-refractivity contribution in [2.24, 2.45) is 7.05 Å². The zero-order chi connectivity index (χ0) is 11.1. The van der Waals surface area contributed by atoms with Crippen LogP contribution >= 0.6 is 0 Å². The molecule has 0 fully saturated rings. The molecule has 2 aromatic heterocycles. The Labute approximate surface area is 83.7 Å². The van der Waals surface area contributed by atoms with Gasteiger partial charge in [-0.2, -0.15) is 8.42 Å². The number of aromatic nitrogens is 4. The minimum absolute atomic E-state index is 0.160. The van der Waals surface area contributed by atoms with E-state index < -0.39 is 15.4 Å². The molecule has 0 N–H and O–H groups in total. The number of rotatable bonds is 2. The quantitative estimate of drug-likeness (QED) is 0.683. The van der Waals surface area contributed by atoms with E-state index in [0.29, 0.717) is 5.56 Å². The van der Waals surface area contributed by atoms with Crippen LogP contribution in [0.15, 0.2) is 22.1 Å². The van der Waals surface area contributed by atoms with E-state index in [0.717, 1.165) is 4.57 Å². The van der Waals surface area contributed by atoms with Crippen molar-refractivity contribution in [3.05, 3.63) is 12.5 Å². The molecule has 15 heavy (non-hydrogen) atoms. The van der Waals surface area contributed by atoms with E-state index >= 15 is 0 Å². The van der Waals surface area contributed by atoms with Crippen LogP contribution in [-0.2, 0) is 17.3 Å². The molecule has 0 saturated heterocycles. The molecule has 0 amide bonds. The molecule has 7 nitrogen and oxygen atoms in total. The van der Waals surface area contributed by atoms with Gasteiger partial charge in [0.2, 0.25) is 0 Å². The van der Waals surface area contributed by atoms with Crippen molar-refractivity contribution in [2.45, 2.75) is 5.16 Å². The highest BCUT2D eigenvalue weighted by Crippen LogP contribution is 2.18. The summed E-state index contributed by atoms with van der Waals surface area (Å²) in [4.78, 5) is 0. The Balaban J connectivity index is 2.60. The van der Waals surface area contributed by atoms with Crippen LogP contribution in [-0.4, -0.2) is 28.3 Å². The summed E-state index contributed by atoms with van der Waals surface area (Å²) in [5, 5.41) is 9.40. The first kappa shape index (κ1) is 9.77. The molecule has 0 unspecified atom stereocenters. The maximum absolute atomic E-state index is 12.6. The van der Waals surface area contributed by atoms with E-state index in [4.69, 9.17) is 0 Å². The molecule has 0 saturated carbocycles. The highest BCUT2D eigenvalue weighted by atomic mass is 32.3. The molecular formula is C6H5FN4O3S. The van der Waals surface area contributed by atoms with Crippen molar-refractivity contribution in [3.8, 4) is 11.4 Å². The number of nitrogens with zero attached hydrogens (tertiary/aromatic N) is 4. The van der Waals surface area contributed by atoms with Crippen LogP contribution in [0.1, 0.15) is 0 Å². The minimum Gasteiger partial charge on any atom is -0.364 e.